The number of hydrogen-bond donors (Lipinski definition) is 6. The molecule has 4 aromatic rings. The molecule has 0 saturated heterocycles. The van der Waals surface area contributed by atoms with Gasteiger partial charge in [0.25, 0.3) is 0 Å². The molecule has 0 aliphatic carbocycles. The number of nitrogens with one attached hydrogen (secondary N) is 4. The van der Waals surface area contributed by atoms with Crippen LogP contribution in [0.4, 0.5) is 0 Å². The summed E-state index contributed by atoms with van der Waals surface area (Å²) in [6.45, 7) is -0.363. The maximum absolute atomic E-state index is 12.4. The number of nitrogens with two attached hydrogens (primary N) is 1. The molecule has 0 fully saturated rings. The number of carbonyl (C=O) groups excluding carboxylic acids is 2. The Morgan fingerprint density at radius 1 is 0.879 bits per heavy atom. The van der Waals surface area contributed by atoms with Crippen LogP contribution in [0.3, 0.4) is 0 Å². The van der Waals surface area contributed by atoms with Gasteiger partial charge in [0.15, 0.2) is 0 Å². The van der Waals surface area contributed by atoms with Crippen LogP contribution in [0.15, 0.2) is 60.9 Å². The highest BCUT2D eigenvalue weighted by atomic mass is 16.4. The number of fused-ring (bicyclic) bond motifs is 2. The first-order chi connectivity index (χ1) is 15.9. The molecule has 9 nitrogen and oxygen atoms in total. The topological polar surface area (TPSA) is 153 Å². The summed E-state index contributed by atoms with van der Waals surface area (Å²) in [5.41, 5.74) is 9.55. The summed E-state index contributed by atoms with van der Waals surface area (Å²) in [5, 5.41) is 16.4. The van der Waals surface area contributed by atoms with Crippen molar-refractivity contribution in [1.29, 1.82) is 0 Å². The highest BCUT2D eigenvalue weighted by Gasteiger charge is 2.23. The zero-order valence-corrected chi connectivity index (χ0v) is 17.8. The predicted molar refractivity (Wildman–Crippen MR) is 125 cm³/mol. The monoisotopic (exact) mass is 447 g/mol. The maximum Gasteiger partial charge on any atom is 0.326 e. The third kappa shape index (κ3) is 5.04. The molecule has 2 aromatic carbocycles. The van der Waals surface area contributed by atoms with Gasteiger partial charge in [0, 0.05) is 40.6 Å². The molecular weight excluding hydrogens is 422 g/mol. The molecule has 0 spiro atoms. The number of carbonyl (C=O) groups is 3. The van der Waals surface area contributed by atoms with Gasteiger partial charge in [-0.1, -0.05) is 36.4 Å². The van der Waals surface area contributed by atoms with Crippen molar-refractivity contribution in [3.8, 4) is 0 Å². The van der Waals surface area contributed by atoms with Crippen LogP contribution in [0.5, 0.6) is 0 Å². The highest BCUT2D eigenvalue weighted by molar-refractivity contribution is 5.91. The van der Waals surface area contributed by atoms with E-state index in [-0.39, 0.29) is 13.0 Å². The number of aliphatic carboxylic acids is 1. The number of carboxylic acids is 1. The predicted octanol–water partition coefficient (Wildman–Crippen LogP) is 1.45. The summed E-state index contributed by atoms with van der Waals surface area (Å²) < 4.78 is 0. The Morgan fingerprint density at radius 3 is 2.00 bits per heavy atom. The summed E-state index contributed by atoms with van der Waals surface area (Å²) in [7, 11) is 0. The van der Waals surface area contributed by atoms with Crippen LogP contribution in [-0.4, -0.2) is 51.5 Å². The maximum atomic E-state index is 12.4. The summed E-state index contributed by atoms with van der Waals surface area (Å²) in [6, 6.07) is 13.2. The van der Waals surface area contributed by atoms with Crippen molar-refractivity contribution in [2.45, 2.75) is 24.9 Å². The highest BCUT2D eigenvalue weighted by Crippen LogP contribution is 2.20. The number of H-pyrrole nitrogens is 2. The Bertz CT molecular complexity index is 1310. The molecule has 0 saturated carbocycles. The normalized spacial score (nSPS) is 13.0. The lowest BCUT2D eigenvalue weighted by molar-refractivity contribution is -0.141. The van der Waals surface area contributed by atoms with Crippen molar-refractivity contribution in [3.05, 3.63) is 72.1 Å². The lowest BCUT2D eigenvalue weighted by Gasteiger charge is -2.16. The molecule has 2 atom stereocenters. The fourth-order valence-electron chi connectivity index (χ4n) is 3.89. The van der Waals surface area contributed by atoms with E-state index in [4.69, 9.17) is 5.73 Å². The zero-order chi connectivity index (χ0) is 23.4. The molecule has 2 heterocycles. The molecule has 33 heavy (non-hydrogen) atoms. The summed E-state index contributed by atoms with van der Waals surface area (Å²) in [5.74, 6) is -2.25. The van der Waals surface area contributed by atoms with Crippen molar-refractivity contribution in [3.63, 3.8) is 0 Å². The van der Waals surface area contributed by atoms with Gasteiger partial charge >= 0.3 is 5.97 Å². The van der Waals surface area contributed by atoms with Gasteiger partial charge in [0.05, 0.1) is 12.6 Å². The first-order valence-electron chi connectivity index (χ1n) is 10.6. The van der Waals surface area contributed by atoms with Gasteiger partial charge in [-0.15, -0.1) is 0 Å². The smallest absolute Gasteiger partial charge is 0.326 e. The number of amides is 2. The van der Waals surface area contributed by atoms with Crippen molar-refractivity contribution < 1.29 is 19.5 Å². The van der Waals surface area contributed by atoms with Crippen molar-refractivity contribution >= 4 is 39.6 Å². The molecule has 0 radical (unpaired) electrons. The van der Waals surface area contributed by atoms with Gasteiger partial charge in [0.2, 0.25) is 11.8 Å². The largest absolute Gasteiger partial charge is 0.480 e. The zero-order valence-electron chi connectivity index (χ0n) is 17.8. The van der Waals surface area contributed by atoms with E-state index in [9.17, 15) is 19.5 Å². The average molecular weight is 447 g/mol. The molecule has 0 aliphatic heterocycles. The molecular formula is C24H25N5O4. The average Bonchev–Trinajstić information content (AvgIpc) is 3.41. The molecule has 2 aromatic heterocycles. The van der Waals surface area contributed by atoms with E-state index in [0.29, 0.717) is 6.42 Å². The van der Waals surface area contributed by atoms with Crippen LogP contribution in [0, 0.1) is 0 Å². The van der Waals surface area contributed by atoms with E-state index < -0.39 is 29.9 Å². The minimum absolute atomic E-state index is 0.110. The summed E-state index contributed by atoms with van der Waals surface area (Å²) >= 11 is 0. The van der Waals surface area contributed by atoms with Gasteiger partial charge in [0.1, 0.15) is 6.04 Å². The summed E-state index contributed by atoms with van der Waals surface area (Å²) in [6.07, 6.45) is 3.96. The van der Waals surface area contributed by atoms with Crippen LogP contribution in [0.1, 0.15) is 11.1 Å². The minimum Gasteiger partial charge on any atom is -0.480 e. The van der Waals surface area contributed by atoms with Gasteiger partial charge in [-0.25, -0.2) is 4.79 Å². The third-order valence-corrected chi connectivity index (χ3v) is 5.61. The van der Waals surface area contributed by atoms with Crippen molar-refractivity contribution in [2.24, 2.45) is 5.73 Å². The van der Waals surface area contributed by atoms with Crippen LogP contribution in [0.25, 0.3) is 21.8 Å². The second-order valence-electron chi connectivity index (χ2n) is 7.91. The van der Waals surface area contributed by atoms with E-state index in [1.807, 2.05) is 54.7 Å². The van der Waals surface area contributed by atoms with Crippen LogP contribution in [-0.2, 0) is 27.2 Å². The van der Waals surface area contributed by atoms with E-state index >= 15 is 0 Å². The second kappa shape index (κ2) is 9.58. The minimum atomic E-state index is -1.16. The molecule has 0 unspecified atom stereocenters. The number of para-hydroxylation sites is 2. The molecule has 7 N–H and O–H groups in total. The van der Waals surface area contributed by atoms with Crippen LogP contribution in [0.2, 0.25) is 0 Å². The molecule has 0 bridgehead atoms. The first kappa shape index (κ1) is 22.1. The summed E-state index contributed by atoms with van der Waals surface area (Å²) in [4.78, 5) is 42.6. The lowest BCUT2D eigenvalue weighted by atomic mass is 10.0. The molecule has 0 aliphatic rings. The van der Waals surface area contributed by atoms with E-state index in [2.05, 4.69) is 20.6 Å². The SMILES string of the molecule is N[C@@H](Cc1c[nH]c2ccccc12)C(=O)NCC(=O)N[C@@H](Cc1c[nH]c2ccccc12)C(=O)O. The Kier molecular flexibility index (Phi) is 6.41. The number of benzene rings is 2. The first-order valence-corrected chi connectivity index (χ1v) is 10.6. The van der Waals surface area contributed by atoms with Crippen molar-refractivity contribution in [1.82, 2.24) is 20.6 Å². The Labute approximate surface area is 189 Å². The standard InChI is InChI=1S/C24H25N5O4/c25-18(9-14-11-26-19-7-3-1-5-16(14)19)23(31)28-13-22(30)29-21(24(32)33)10-15-12-27-20-8-4-2-6-17(15)20/h1-8,11-12,18,21,26-27H,9-10,13,25H2,(H,28,31)(H,29,30)(H,32,33)/t18-,21-/m0/s1. The van der Waals surface area contributed by atoms with Crippen LogP contribution >= 0.6 is 0 Å². The van der Waals surface area contributed by atoms with E-state index in [0.717, 1.165) is 32.9 Å². The van der Waals surface area contributed by atoms with Gasteiger partial charge in [-0.05, 0) is 29.7 Å². The fourth-order valence-corrected chi connectivity index (χ4v) is 3.89. The van der Waals surface area contributed by atoms with Crippen molar-refractivity contribution in [2.75, 3.05) is 6.54 Å². The van der Waals surface area contributed by atoms with Crippen LogP contribution < -0.4 is 16.4 Å². The lowest BCUT2D eigenvalue weighted by Crippen LogP contribution is -2.49. The van der Waals surface area contributed by atoms with E-state index in [1.165, 1.54) is 0 Å². The number of hydrogen-bond acceptors (Lipinski definition) is 4. The number of carboxylic acid groups (broad SMARTS) is 1. The molecule has 170 valence electrons. The molecule has 2 amide bonds. The molecule has 9 heteroatoms. The number of aromatic amines is 2. The fraction of sp³-hybridized carbons (Fsp3) is 0.208. The number of aromatic nitrogens is 2. The second-order valence-corrected chi connectivity index (χ2v) is 7.91. The van der Waals surface area contributed by atoms with Gasteiger partial charge in [-0.2, -0.15) is 0 Å². The van der Waals surface area contributed by atoms with Gasteiger partial charge < -0.3 is 31.4 Å². The Balaban J connectivity index is 1.31. The third-order valence-electron chi connectivity index (χ3n) is 5.61. The Morgan fingerprint density at radius 2 is 1.42 bits per heavy atom. The quantitative estimate of drug-likeness (QED) is 0.229. The Hall–Kier alpha value is -4.11. The van der Waals surface area contributed by atoms with Gasteiger partial charge in [-0.3, -0.25) is 9.59 Å². The molecule has 4 rings (SSSR count). The van der Waals surface area contributed by atoms with E-state index in [1.54, 1.807) is 6.20 Å². The number of rotatable bonds is 9.